The molecule has 0 bridgehead atoms. The van der Waals surface area contributed by atoms with Gasteiger partial charge in [0.25, 0.3) is 0 Å². The first-order chi connectivity index (χ1) is 13.4. The lowest BCUT2D eigenvalue weighted by atomic mass is 10.1. The van der Waals surface area contributed by atoms with E-state index in [4.69, 9.17) is 25.8 Å². The lowest BCUT2D eigenvalue weighted by Gasteiger charge is -2.10. The Bertz CT molecular complexity index is 958. The van der Waals surface area contributed by atoms with E-state index in [-0.39, 0.29) is 17.3 Å². The van der Waals surface area contributed by atoms with E-state index >= 15 is 0 Å². The largest absolute Gasteiger partial charge is 0.493 e. The first-order valence-electron chi connectivity index (χ1n) is 7.90. The first kappa shape index (κ1) is 19.6. The third-order valence-electron chi connectivity index (χ3n) is 3.71. The number of benzene rings is 2. The lowest BCUT2D eigenvalue weighted by molar-refractivity contribution is -0.129. The molecule has 3 rings (SSSR count). The van der Waals surface area contributed by atoms with Crippen LogP contribution in [0.25, 0.3) is 6.08 Å². The fraction of sp³-hybridized carbons (Fsp3) is 0.158. The quantitative estimate of drug-likeness (QED) is 0.525. The Kier molecular flexibility index (Phi) is 5.79. The van der Waals surface area contributed by atoms with Crippen LogP contribution >= 0.6 is 11.6 Å². The summed E-state index contributed by atoms with van der Waals surface area (Å²) in [7, 11) is 2.93. The topological polar surface area (TPSA) is 66.3 Å². The van der Waals surface area contributed by atoms with Gasteiger partial charge in [0.2, 0.25) is 5.90 Å². The fourth-order valence-electron chi connectivity index (χ4n) is 2.49. The number of hydrogen-bond donors (Lipinski definition) is 0. The van der Waals surface area contributed by atoms with Gasteiger partial charge in [-0.05, 0) is 48.0 Å². The zero-order valence-corrected chi connectivity index (χ0v) is 15.5. The summed E-state index contributed by atoms with van der Waals surface area (Å²) in [5.41, 5.74) is 1.04. The standard InChI is InChI=1S/C19H14ClF2NO5/c1-25-15-9-10(7-13(20)16(15)26-2)8-14-18(24)28-17(23-14)11-3-5-12(6-4-11)27-19(21)22/h3-9,19H,1-2H3/b14-8-. The van der Waals surface area contributed by atoms with Crippen LogP contribution in [0.5, 0.6) is 17.2 Å². The van der Waals surface area contributed by atoms with Crippen LogP contribution in [0, 0.1) is 0 Å². The highest BCUT2D eigenvalue weighted by molar-refractivity contribution is 6.32. The number of hydrogen-bond acceptors (Lipinski definition) is 6. The predicted octanol–water partition coefficient (Wildman–Crippen LogP) is 4.30. The monoisotopic (exact) mass is 409 g/mol. The number of esters is 1. The minimum Gasteiger partial charge on any atom is -0.493 e. The van der Waals surface area contributed by atoms with Crippen LogP contribution in [-0.4, -0.2) is 32.7 Å². The average molecular weight is 410 g/mol. The number of carbonyl (C=O) groups excluding carboxylic acids is 1. The Hall–Kier alpha value is -3.13. The van der Waals surface area contributed by atoms with Gasteiger partial charge >= 0.3 is 12.6 Å². The number of alkyl halides is 2. The molecule has 1 heterocycles. The van der Waals surface area contributed by atoms with E-state index in [9.17, 15) is 13.6 Å². The van der Waals surface area contributed by atoms with Gasteiger partial charge in [-0.1, -0.05) is 11.6 Å². The first-order valence-corrected chi connectivity index (χ1v) is 8.28. The van der Waals surface area contributed by atoms with Gasteiger partial charge in [0.1, 0.15) is 5.75 Å². The van der Waals surface area contributed by atoms with E-state index in [1.165, 1.54) is 44.6 Å². The summed E-state index contributed by atoms with van der Waals surface area (Å²) < 4.78 is 44.2. The van der Waals surface area contributed by atoms with Gasteiger partial charge < -0.3 is 18.9 Å². The summed E-state index contributed by atoms with van der Waals surface area (Å²) in [5.74, 6) is 0.141. The third-order valence-corrected chi connectivity index (χ3v) is 3.99. The van der Waals surface area contributed by atoms with Crippen molar-refractivity contribution >= 4 is 29.5 Å². The molecule has 1 aliphatic rings. The SMILES string of the molecule is COc1cc(/C=C2\N=C(c3ccc(OC(F)F)cc3)OC2=O)cc(Cl)c1OC. The van der Waals surface area contributed by atoms with Crippen molar-refractivity contribution < 1.29 is 32.5 Å². The summed E-state index contributed by atoms with van der Waals surface area (Å²) >= 11 is 6.16. The maximum absolute atomic E-state index is 12.2. The van der Waals surface area contributed by atoms with Gasteiger partial charge in [-0.25, -0.2) is 9.79 Å². The number of aliphatic imine (C=N–C) groups is 1. The number of halogens is 3. The molecular weight excluding hydrogens is 396 g/mol. The Morgan fingerprint density at radius 3 is 2.46 bits per heavy atom. The van der Waals surface area contributed by atoms with Crippen molar-refractivity contribution in [1.82, 2.24) is 0 Å². The molecule has 0 fully saturated rings. The molecule has 0 aliphatic carbocycles. The van der Waals surface area contributed by atoms with Crippen LogP contribution in [0.4, 0.5) is 8.78 Å². The van der Waals surface area contributed by atoms with Gasteiger partial charge in [-0.15, -0.1) is 0 Å². The molecule has 2 aromatic rings. The maximum Gasteiger partial charge on any atom is 0.387 e. The molecule has 6 nitrogen and oxygen atoms in total. The van der Waals surface area contributed by atoms with Crippen molar-refractivity contribution in [1.29, 1.82) is 0 Å². The van der Waals surface area contributed by atoms with Gasteiger partial charge in [-0.3, -0.25) is 0 Å². The molecule has 0 saturated heterocycles. The molecule has 0 amide bonds. The minimum atomic E-state index is -2.92. The number of nitrogens with zero attached hydrogens (tertiary/aromatic N) is 1. The number of methoxy groups -OCH3 is 2. The minimum absolute atomic E-state index is 0.0144. The highest BCUT2D eigenvalue weighted by Crippen LogP contribution is 2.37. The molecule has 0 radical (unpaired) electrons. The van der Waals surface area contributed by atoms with Gasteiger partial charge in [0.05, 0.1) is 19.2 Å². The second-order valence-corrected chi connectivity index (χ2v) is 5.88. The number of rotatable bonds is 6. The molecule has 146 valence electrons. The van der Waals surface area contributed by atoms with Crippen LogP contribution < -0.4 is 14.2 Å². The van der Waals surface area contributed by atoms with Crippen LogP contribution in [0.3, 0.4) is 0 Å². The zero-order chi connectivity index (χ0) is 20.3. The van der Waals surface area contributed by atoms with Crippen molar-refractivity contribution in [3.8, 4) is 17.2 Å². The zero-order valence-electron chi connectivity index (χ0n) is 14.7. The van der Waals surface area contributed by atoms with Crippen LogP contribution in [0.15, 0.2) is 47.1 Å². The molecule has 0 atom stereocenters. The van der Waals surface area contributed by atoms with E-state index in [0.29, 0.717) is 27.6 Å². The van der Waals surface area contributed by atoms with Crippen molar-refractivity contribution in [2.24, 2.45) is 4.99 Å². The smallest absolute Gasteiger partial charge is 0.387 e. The summed E-state index contributed by atoms with van der Waals surface area (Å²) in [6.07, 6.45) is 1.48. The third kappa shape index (κ3) is 4.23. The molecule has 0 unspecified atom stereocenters. The van der Waals surface area contributed by atoms with Crippen molar-refractivity contribution in [3.05, 3.63) is 58.2 Å². The normalized spacial score (nSPS) is 14.9. The van der Waals surface area contributed by atoms with E-state index < -0.39 is 12.6 Å². The maximum atomic E-state index is 12.2. The highest BCUT2D eigenvalue weighted by atomic mass is 35.5. The molecule has 0 N–H and O–H groups in total. The highest BCUT2D eigenvalue weighted by Gasteiger charge is 2.24. The molecule has 9 heteroatoms. The molecule has 0 aromatic heterocycles. The Morgan fingerprint density at radius 2 is 1.86 bits per heavy atom. The van der Waals surface area contributed by atoms with Gasteiger partial charge in [-0.2, -0.15) is 8.78 Å². The summed E-state index contributed by atoms with van der Waals surface area (Å²) in [6, 6.07) is 8.80. The Labute approximate surface area is 163 Å². The van der Waals surface area contributed by atoms with Crippen molar-refractivity contribution in [2.75, 3.05) is 14.2 Å². The van der Waals surface area contributed by atoms with Crippen molar-refractivity contribution in [3.63, 3.8) is 0 Å². The molecular formula is C19H14ClF2NO5. The van der Waals surface area contributed by atoms with Crippen LogP contribution in [0.1, 0.15) is 11.1 Å². The summed E-state index contributed by atoms with van der Waals surface area (Å²) in [4.78, 5) is 16.3. The summed E-state index contributed by atoms with van der Waals surface area (Å²) in [6.45, 7) is -2.92. The van der Waals surface area contributed by atoms with E-state index in [2.05, 4.69) is 9.73 Å². The average Bonchev–Trinajstić information content (AvgIpc) is 3.01. The number of carbonyl (C=O) groups is 1. The fourth-order valence-corrected chi connectivity index (χ4v) is 2.79. The molecule has 28 heavy (non-hydrogen) atoms. The Morgan fingerprint density at radius 1 is 1.14 bits per heavy atom. The van der Waals surface area contributed by atoms with Gasteiger partial charge in [0, 0.05) is 5.56 Å². The van der Waals surface area contributed by atoms with E-state index in [1.54, 1.807) is 12.1 Å². The summed E-state index contributed by atoms with van der Waals surface area (Å²) in [5, 5.41) is 0.305. The lowest BCUT2D eigenvalue weighted by Crippen LogP contribution is -2.06. The van der Waals surface area contributed by atoms with E-state index in [0.717, 1.165) is 0 Å². The Balaban J connectivity index is 1.88. The molecule has 0 spiro atoms. The molecule has 0 saturated carbocycles. The van der Waals surface area contributed by atoms with E-state index in [1.807, 2.05) is 0 Å². The number of ether oxygens (including phenoxy) is 4. The van der Waals surface area contributed by atoms with Crippen LogP contribution in [-0.2, 0) is 9.53 Å². The second kappa shape index (κ2) is 8.26. The number of cyclic esters (lactones) is 1. The molecule has 1 aliphatic heterocycles. The molecule has 2 aromatic carbocycles. The van der Waals surface area contributed by atoms with Crippen LogP contribution in [0.2, 0.25) is 5.02 Å². The van der Waals surface area contributed by atoms with Crippen molar-refractivity contribution in [2.45, 2.75) is 6.61 Å². The second-order valence-electron chi connectivity index (χ2n) is 5.48. The van der Waals surface area contributed by atoms with Gasteiger partial charge in [0.15, 0.2) is 17.2 Å². The predicted molar refractivity (Wildman–Crippen MR) is 98.2 cm³/mol.